The summed E-state index contributed by atoms with van der Waals surface area (Å²) < 4.78 is 0. The number of hydrogen-bond acceptors (Lipinski definition) is 1. The molecule has 2 fully saturated rings. The van der Waals surface area contributed by atoms with Crippen molar-refractivity contribution in [2.24, 2.45) is 17.8 Å². The standard InChI is InChI=1S/C17H22O.C2H6/c18-13-6-9-15-12(10-13)5-8-16-14-3-1-2-11(14)4-7-17(15)16;1-2/h10-11,14,16H,1-9H2;1-2H3. The van der Waals surface area contributed by atoms with E-state index in [-0.39, 0.29) is 0 Å². The maximum absolute atomic E-state index is 11.6. The molecule has 1 nitrogen and oxygen atoms in total. The summed E-state index contributed by atoms with van der Waals surface area (Å²) in [7, 11) is 0. The smallest absolute Gasteiger partial charge is 0.156 e. The fraction of sp³-hybridized carbons (Fsp3) is 0.737. The van der Waals surface area contributed by atoms with Crippen molar-refractivity contribution >= 4 is 5.78 Å². The van der Waals surface area contributed by atoms with E-state index >= 15 is 0 Å². The fourth-order valence-electron chi connectivity index (χ4n) is 5.16. The number of fused-ring (bicyclic) bond motifs is 4. The Labute approximate surface area is 123 Å². The molecular formula is C19H28O. The van der Waals surface area contributed by atoms with Crippen LogP contribution in [-0.2, 0) is 4.79 Å². The van der Waals surface area contributed by atoms with Gasteiger partial charge in [-0.25, -0.2) is 0 Å². The van der Waals surface area contributed by atoms with Crippen LogP contribution < -0.4 is 0 Å². The summed E-state index contributed by atoms with van der Waals surface area (Å²) in [6, 6.07) is 0. The predicted octanol–water partition coefficient (Wildman–Crippen LogP) is 5.22. The molecule has 0 radical (unpaired) electrons. The lowest BCUT2D eigenvalue weighted by atomic mass is 9.63. The van der Waals surface area contributed by atoms with Gasteiger partial charge in [-0.05, 0) is 73.5 Å². The lowest BCUT2D eigenvalue weighted by Gasteiger charge is -2.42. The third-order valence-electron chi connectivity index (χ3n) is 5.92. The van der Waals surface area contributed by atoms with Crippen LogP contribution in [0.3, 0.4) is 0 Å². The van der Waals surface area contributed by atoms with E-state index in [9.17, 15) is 4.79 Å². The highest BCUT2D eigenvalue weighted by molar-refractivity contribution is 5.93. The summed E-state index contributed by atoms with van der Waals surface area (Å²) in [4.78, 5) is 11.6. The third-order valence-corrected chi connectivity index (χ3v) is 5.92. The summed E-state index contributed by atoms with van der Waals surface area (Å²) >= 11 is 0. The van der Waals surface area contributed by atoms with E-state index in [1.807, 2.05) is 19.9 Å². The molecule has 0 heterocycles. The first-order valence-corrected chi connectivity index (χ1v) is 8.78. The number of rotatable bonds is 0. The van der Waals surface area contributed by atoms with Gasteiger partial charge in [-0.2, -0.15) is 0 Å². The minimum Gasteiger partial charge on any atom is -0.295 e. The van der Waals surface area contributed by atoms with Crippen LogP contribution in [0.4, 0.5) is 0 Å². The van der Waals surface area contributed by atoms with Gasteiger partial charge in [0.2, 0.25) is 0 Å². The van der Waals surface area contributed by atoms with E-state index in [4.69, 9.17) is 0 Å². The van der Waals surface area contributed by atoms with E-state index < -0.39 is 0 Å². The monoisotopic (exact) mass is 272 g/mol. The van der Waals surface area contributed by atoms with Gasteiger partial charge in [-0.3, -0.25) is 4.79 Å². The second-order valence-electron chi connectivity index (χ2n) is 6.68. The number of carbonyl (C=O) groups is 1. The molecule has 2 saturated carbocycles. The number of allylic oxidation sites excluding steroid dienone is 4. The molecule has 1 heteroatoms. The Morgan fingerprint density at radius 1 is 0.950 bits per heavy atom. The summed E-state index contributed by atoms with van der Waals surface area (Å²) in [6.07, 6.45) is 13.5. The molecule has 0 spiro atoms. The molecule has 0 amide bonds. The molecule has 20 heavy (non-hydrogen) atoms. The van der Waals surface area contributed by atoms with Crippen molar-refractivity contribution in [1.29, 1.82) is 0 Å². The lowest BCUT2D eigenvalue weighted by Crippen LogP contribution is -2.30. The zero-order valence-corrected chi connectivity index (χ0v) is 13.1. The van der Waals surface area contributed by atoms with Crippen molar-refractivity contribution in [2.45, 2.75) is 71.6 Å². The molecule has 0 aromatic carbocycles. The summed E-state index contributed by atoms with van der Waals surface area (Å²) in [5.41, 5.74) is 4.81. The zero-order chi connectivity index (χ0) is 14.1. The van der Waals surface area contributed by atoms with Gasteiger partial charge in [0.25, 0.3) is 0 Å². The number of carbonyl (C=O) groups excluding carboxylic acids is 1. The van der Waals surface area contributed by atoms with Gasteiger partial charge in [-0.15, -0.1) is 0 Å². The molecule has 0 N–H and O–H groups in total. The number of hydrogen-bond donors (Lipinski definition) is 0. The molecule has 0 aliphatic heterocycles. The third kappa shape index (κ3) is 2.29. The van der Waals surface area contributed by atoms with Crippen molar-refractivity contribution < 1.29 is 4.79 Å². The summed E-state index contributed by atoms with van der Waals surface area (Å²) in [6.45, 7) is 4.00. The fourth-order valence-corrected chi connectivity index (χ4v) is 5.16. The van der Waals surface area contributed by atoms with Gasteiger partial charge >= 0.3 is 0 Å². The highest BCUT2D eigenvalue weighted by Crippen LogP contribution is 2.54. The van der Waals surface area contributed by atoms with Crippen LogP contribution in [0.2, 0.25) is 0 Å². The molecule has 4 aliphatic carbocycles. The maximum atomic E-state index is 11.6. The molecule has 3 atom stereocenters. The molecule has 4 aliphatic rings. The van der Waals surface area contributed by atoms with E-state index in [0.29, 0.717) is 5.78 Å². The van der Waals surface area contributed by atoms with Gasteiger partial charge in [0.05, 0.1) is 0 Å². The summed E-state index contributed by atoms with van der Waals surface area (Å²) in [5.74, 6) is 3.30. The van der Waals surface area contributed by atoms with Gasteiger partial charge < -0.3 is 0 Å². The van der Waals surface area contributed by atoms with Crippen molar-refractivity contribution in [1.82, 2.24) is 0 Å². The van der Waals surface area contributed by atoms with Gasteiger partial charge in [0.15, 0.2) is 5.78 Å². The second-order valence-corrected chi connectivity index (χ2v) is 6.68. The van der Waals surface area contributed by atoms with Gasteiger partial charge in [0.1, 0.15) is 0 Å². The Morgan fingerprint density at radius 3 is 2.65 bits per heavy atom. The highest BCUT2D eigenvalue weighted by atomic mass is 16.1. The van der Waals surface area contributed by atoms with Crippen LogP contribution in [0.5, 0.6) is 0 Å². The van der Waals surface area contributed by atoms with Crippen LogP contribution in [0.1, 0.15) is 71.6 Å². The lowest BCUT2D eigenvalue weighted by molar-refractivity contribution is -0.114. The molecule has 110 valence electrons. The molecule has 4 rings (SSSR count). The van der Waals surface area contributed by atoms with Crippen LogP contribution in [0, 0.1) is 17.8 Å². The van der Waals surface area contributed by atoms with E-state index in [0.717, 1.165) is 30.6 Å². The van der Waals surface area contributed by atoms with Crippen LogP contribution >= 0.6 is 0 Å². The molecule has 0 aromatic heterocycles. The van der Waals surface area contributed by atoms with Crippen LogP contribution in [0.25, 0.3) is 0 Å². The Balaban J connectivity index is 0.000000581. The molecular weight excluding hydrogens is 244 g/mol. The average molecular weight is 272 g/mol. The second kappa shape index (κ2) is 5.87. The molecule has 0 aromatic rings. The quantitative estimate of drug-likeness (QED) is 0.591. The Hall–Kier alpha value is -0.850. The van der Waals surface area contributed by atoms with Crippen molar-refractivity contribution in [3.05, 3.63) is 22.8 Å². The first-order chi connectivity index (χ1) is 9.83. The van der Waals surface area contributed by atoms with E-state index in [1.165, 1.54) is 50.5 Å². The highest BCUT2D eigenvalue weighted by Gasteiger charge is 2.41. The SMILES string of the molecule is CC.O=C1C=C2CCC3C(=C2CC1)CCC1CCCC13. The Morgan fingerprint density at radius 2 is 1.80 bits per heavy atom. The van der Waals surface area contributed by atoms with Crippen molar-refractivity contribution in [2.75, 3.05) is 0 Å². The van der Waals surface area contributed by atoms with E-state index in [1.54, 1.807) is 11.1 Å². The first kappa shape index (κ1) is 14.1. The van der Waals surface area contributed by atoms with E-state index in [2.05, 4.69) is 0 Å². The first-order valence-electron chi connectivity index (χ1n) is 8.78. The van der Waals surface area contributed by atoms with Gasteiger partial charge in [-0.1, -0.05) is 32.3 Å². The minimum absolute atomic E-state index is 0.363. The molecule has 0 bridgehead atoms. The van der Waals surface area contributed by atoms with Crippen molar-refractivity contribution in [3.8, 4) is 0 Å². The zero-order valence-electron chi connectivity index (χ0n) is 13.1. The van der Waals surface area contributed by atoms with Crippen LogP contribution in [-0.4, -0.2) is 5.78 Å². The van der Waals surface area contributed by atoms with Crippen LogP contribution in [0.15, 0.2) is 22.8 Å². The minimum atomic E-state index is 0.363. The Bertz CT molecular complexity index is 454. The predicted molar refractivity (Wildman–Crippen MR) is 83.5 cm³/mol. The normalized spacial score (nSPS) is 35.4. The number of ketones is 1. The summed E-state index contributed by atoms with van der Waals surface area (Å²) in [5, 5.41) is 0. The maximum Gasteiger partial charge on any atom is 0.156 e. The average Bonchev–Trinajstić information content (AvgIpc) is 2.97. The van der Waals surface area contributed by atoms with Gasteiger partial charge in [0, 0.05) is 6.42 Å². The molecule has 3 unspecified atom stereocenters. The topological polar surface area (TPSA) is 17.1 Å². The van der Waals surface area contributed by atoms with Crippen molar-refractivity contribution in [3.63, 3.8) is 0 Å². The molecule has 0 saturated heterocycles. The largest absolute Gasteiger partial charge is 0.295 e. The Kier molecular flexibility index (Phi) is 4.14.